The monoisotopic (exact) mass is 294 g/mol. The van der Waals surface area contributed by atoms with Gasteiger partial charge in [0.2, 0.25) is 5.75 Å². The van der Waals surface area contributed by atoms with Crippen LogP contribution in [-0.4, -0.2) is 19.2 Å². The molecule has 0 unspecified atom stereocenters. The molecule has 2 rings (SSSR count). The molecule has 106 valence electrons. The Hall–Kier alpha value is -2.14. The molecule has 0 aliphatic carbocycles. The average molecular weight is 295 g/mol. The summed E-state index contributed by atoms with van der Waals surface area (Å²) in [4.78, 5) is 4.14. The van der Waals surface area contributed by atoms with Crippen LogP contribution in [-0.2, 0) is 6.61 Å². The van der Waals surface area contributed by atoms with E-state index in [-0.39, 0.29) is 6.61 Å². The number of pyridine rings is 1. The maximum absolute atomic E-state index is 6.05. The lowest BCUT2D eigenvalue weighted by Gasteiger charge is -2.14. The number of aromatic nitrogens is 1. The summed E-state index contributed by atoms with van der Waals surface area (Å²) in [5, 5.41) is 0.494. The number of nitrogen functional groups attached to an aromatic ring is 1. The Morgan fingerprint density at radius 3 is 2.35 bits per heavy atom. The van der Waals surface area contributed by atoms with Crippen LogP contribution >= 0.6 is 11.6 Å². The highest BCUT2D eigenvalue weighted by Crippen LogP contribution is 2.37. The molecular weight excluding hydrogens is 280 g/mol. The first-order valence-electron chi connectivity index (χ1n) is 5.90. The van der Waals surface area contributed by atoms with Crippen LogP contribution in [0.15, 0.2) is 30.3 Å². The minimum atomic E-state index is 0.167. The summed E-state index contributed by atoms with van der Waals surface area (Å²) >= 11 is 6.05. The summed E-state index contributed by atoms with van der Waals surface area (Å²) in [7, 11) is 3.13. The van der Waals surface area contributed by atoms with Gasteiger partial charge in [0.1, 0.15) is 12.4 Å². The minimum Gasteiger partial charge on any atom is -0.493 e. The largest absolute Gasteiger partial charge is 0.493 e. The second-order valence-corrected chi connectivity index (χ2v) is 4.35. The lowest BCUT2D eigenvalue weighted by Crippen LogP contribution is -2.03. The van der Waals surface area contributed by atoms with Gasteiger partial charge in [-0.2, -0.15) is 0 Å². The molecule has 0 spiro atoms. The highest BCUT2D eigenvalue weighted by atomic mass is 35.5. The highest BCUT2D eigenvalue weighted by Gasteiger charge is 2.13. The van der Waals surface area contributed by atoms with Gasteiger partial charge in [-0.05, 0) is 24.3 Å². The van der Waals surface area contributed by atoms with Gasteiger partial charge in [0.25, 0.3) is 0 Å². The lowest BCUT2D eigenvalue weighted by atomic mass is 10.3. The van der Waals surface area contributed by atoms with Gasteiger partial charge in [0.05, 0.1) is 24.9 Å². The van der Waals surface area contributed by atoms with Crippen molar-refractivity contribution in [3.63, 3.8) is 0 Å². The van der Waals surface area contributed by atoms with Crippen molar-refractivity contribution in [2.24, 2.45) is 0 Å². The molecule has 1 heterocycles. The zero-order chi connectivity index (χ0) is 14.5. The third-order valence-electron chi connectivity index (χ3n) is 2.68. The van der Waals surface area contributed by atoms with Crippen molar-refractivity contribution in [3.05, 3.63) is 41.0 Å². The fourth-order valence-electron chi connectivity index (χ4n) is 1.70. The summed E-state index contributed by atoms with van der Waals surface area (Å²) in [5.74, 6) is 2.03. The number of halogens is 1. The zero-order valence-electron chi connectivity index (χ0n) is 11.2. The third-order valence-corrected chi connectivity index (χ3v) is 3.02. The predicted molar refractivity (Wildman–Crippen MR) is 77.5 cm³/mol. The first kappa shape index (κ1) is 14.3. The molecule has 1 aromatic carbocycles. The minimum absolute atomic E-state index is 0.167. The molecule has 2 N–H and O–H groups in total. The number of hydrogen-bond acceptors (Lipinski definition) is 5. The van der Waals surface area contributed by atoms with Gasteiger partial charge >= 0.3 is 0 Å². The van der Waals surface area contributed by atoms with E-state index in [1.165, 1.54) is 0 Å². The Kier molecular flexibility index (Phi) is 4.53. The van der Waals surface area contributed by atoms with Crippen LogP contribution in [0, 0.1) is 0 Å². The second kappa shape index (κ2) is 6.34. The van der Waals surface area contributed by atoms with Crippen molar-refractivity contribution < 1.29 is 14.2 Å². The Morgan fingerprint density at radius 1 is 1.10 bits per heavy atom. The normalized spacial score (nSPS) is 10.2. The molecule has 0 atom stereocenters. The van der Waals surface area contributed by atoms with E-state index < -0.39 is 0 Å². The highest BCUT2D eigenvalue weighted by molar-refractivity contribution is 6.31. The van der Waals surface area contributed by atoms with Crippen LogP contribution in [0.3, 0.4) is 0 Å². The number of hydrogen-bond donors (Lipinski definition) is 1. The van der Waals surface area contributed by atoms with E-state index in [0.717, 1.165) is 0 Å². The van der Waals surface area contributed by atoms with Gasteiger partial charge in [-0.25, -0.2) is 4.98 Å². The predicted octanol–water partition coefficient (Wildman–Crippen LogP) is 2.91. The van der Waals surface area contributed by atoms with Gasteiger partial charge in [0, 0.05) is 0 Å². The first-order chi connectivity index (χ1) is 9.65. The van der Waals surface area contributed by atoms with E-state index in [1.54, 1.807) is 38.5 Å². The van der Waals surface area contributed by atoms with E-state index in [0.29, 0.717) is 33.8 Å². The number of anilines is 1. The van der Waals surface area contributed by atoms with E-state index in [2.05, 4.69) is 4.98 Å². The molecule has 0 bridgehead atoms. The van der Waals surface area contributed by atoms with E-state index in [1.807, 2.05) is 6.07 Å². The van der Waals surface area contributed by atoms with Gasteiger partial charge in [-0.15, -0.1) is 0 Å². The molecule has 0 radical (unpaired) electrons. The molecule has 0 aliphatic heterocycles. The number of nitrogens with zero attached hydrogens (tertiary/aromatic N) is 1. The van der Waals surface area contributed by atoms with Crippen molar-refractivity contribution >= 4 is 17.4 Å². The quantitative estimate of drug-likeness (QED) is 0.918. The lowest BCUT2D eigenvalue weighted by molar-refractivity contribution is 0.263. The maximum Gasteiger partial charge on any atom is 0.203 e. The van der Waals surface area contributed by atoms with Gasteiger partial charge < -0.3 is 19.9 Å². The summed E-state index contributed by atoms with van der Waals surface area (Å²) in [6, 6.07) is 8.70. The van der Waals surface area contributed by atoms with E-state index >= 15 is 0 Å². The van der Waals surface area contributed by atoms with Crippen LogP contribution in [0.25, 0.3) is 0 Å². The Morgan fingerprint density at radius 2 is 1.75 bits per heavy atom. The summed E-state index contributed by atoms with van der Waals surface area (Å²) in [5.41, 5.74) is 6.19. The van der Waals surface area contributed by atoms with Crippen LogP contribution in [0.1, 0.15) is 5.69 Å². The molecule has 1 aromatic heterocycles. The number of rotatable bonds is 5. The van der Waals surface area contributed by atoms with Crippen LogP contribution in [0.5, 0.6) is 17.2 Å². The summed E-state index contributed by atoms with van der Waals surface area (Å²) in [6.07, 6.45) is 0. The SMILES string of the molecule is COc1cccc(OC)c1OCc1nc(N)ccc1Cl. The Balaban J connectivity index is 2.24. The maximum atomic E-state index is 6.05. The van der Waals surface area contributed by atoms with Crippen molar-refractivity contribution in [1.82, 2.24) is 4.98 Å². The fraction of sp³-hybridized carbons (Fsp3) is 0.214. The molecule has 5 nitrogen and oxygen atoms in total. The molecule has 0 fully saturated rings. The van der Waals surface area contributed by atoms with Crippen molar-refractivity contribution in [1.29, 1.82) is 0 Å². The number of ether oxygens (including phenoxy) is 3. The molecule has 0 amide bonds. The average Bonchev–Trinajstić information content (AvgIpc) is 2.47. The topological polar surface area (TPSA) is 66.6 Å². The summed E-state index contributed by atoms with van der Waals surface area (Å²) < 4.78 is 16.2. The van der Waals surface area contributed by atoms with E-state index in [4.69, 9.17) is 31.5 Å². The molecule has 2 aromatic rings. The molecular formula is C14H15ClN2O3. The Labute approximate surface area is 122 Å². The number of nitrogens with two attached hydrogens (primary N) is 1. The van der Waals surface area contributed by atoms with Crippen LogP contribution in [0.2, 0.25) is 5.02 Å². The van der Waals surface area contributed by atoms with Crippen LogP contribution in [0.4, 0.5) is 5.82 Å². The van der Waals surface area contributed by atoms with E-state index in [9.17, 15) is 0 Å². The van der Waals surface area contributed by atoms with Crippen molar-refractivity contribution in [3.8, 4) is 17.2 Å². The number of para-hydroxylation sites is 1. The van der Waals surface area contributed by atoms with Crippen molar-refractivity contribution in [2.75, 3.05) is 20.0 Å². The fourth-order valence-corrected chi connectivity index (χ4v) is 1.86. The van der Waals surface area contributed by atoms with Gasteiger partial charge in [0.15, 0.2) is 11.5 Å². The molecule has 0 aliphatic rings. The molecule has 20 heavy (non-hydrogen) atoms. The zero-order valence-corrected chi connectivity index (χ0v) is 12.0. The molecule has 0 saturated heterocycles. The third kappa shape index (κ3) is 3.05. The number of methoxy groups -OCH3 is 2. The molecule has 0 saturated carbocycles. The van der Waals surface area contributed by atoms with Crippen LogP contribution < -0.4 is 19.9 Å². The van der Waals surface area contributed by atoms with Gasteiger partial charge in [-0.3, -0.25) is 0 Å². The second-order valence-electron chi connectivity index (χ2n) is 3.94. The molecule has 6 heteroatoms. The first-order valence-corrected chi connectivity index (χ1v) is 6.28. The summed E-state index contributed by atoms with van der Waals surface area (Å²) in [6.45, 7) is 0.167. The number of benzene rings is 1. The smallest absolute Gasteiger partial charge is 0.203 e. The van der Waals surface area contributed by atoms with Gasteiger partial charge in [-0.1, -0.05) is 17.7 Å². The Bertz CT molecular complexity index is 583. The standard InChI is InChI=1S/C14H15ClN2O3/c1-18-11-4-3-5-12(19-2)14(11)20-8-10-9(15)6-7-13(16)17-10/h3-7H,8H2,1-2H3,(H2,16,17). The van der Waals surface area contributed by atoms with Crippen molar-refractivity contribution in [2.45, 2.75) is 6.61 Å².